The van der Waals surface area contributed by atoms with E-state index in [-0.39, 0.29) is 17.8 Å². The zero-order valence-electron chi connectivity index (χ0n) is 10.0. The first-order chi connectivity index (χ1) is 9.34. The highest BCUT2D eigenvalue weighted by Gasteiger charge is 2.28. The zero-order valence-corrected chi connectivity index (χ0v) is 13.0. The van der Waals surface area contributed by atoms with Gasteiger partial charge in [0, 0.05) is 6.04 Å². The third-order valence-corrected chi connectivity index (χ3v) is 3.85. The summed E-state index contributed by atoms with van der Waals surface area (Å²) < 4.78 is -1.65. The number of amides is 1. The molecule has 2 aromatic rings. The summed E-state index contributed by atoms with van der Waals surface area (Å²) in [7, 11) is 0. The average molecular weight is 353 g/mol. The highest BCUT2D eigenvalue weighted by atomic mass is 35.6. The molecule has 1 aliphatic carbocycles. The second-order valence-electron chi connectivity index (χ2n) is 4.68. The van der Waals surface area contributed by atoms with Crippen molar-refractivity contribution in [3.63, 3.8) is 0 Å². The molecule has 3 rings (SSSR count). The van der Waals surface area contributed by atoms with Crippen LogP contribution in [0.4, 0.5) is 0 Å². The van der Waals surface area contributed by atoms with E-state index in [0.717, 1.165) is 12.8 Å². The van der Waals surface area contributed by atoms with Gasteiger partial charge in [-0.1, -0.05) is 46.4 Å². The van der Waals surface area contributed by atoms with Crippen LogP contribution < -0.4 is 5.32 Å². The maximum absolute atomic E-state index is 12.1. The number of carbonyl (C=O) groups excluding carboxylic acids is 1. The Kier molecular flexibility index (Phi) is 3.53. The molecule has 2 N–H and O–H groups in total. The van der Waals surface area contributed by atoms with E-state index in [0.29, 0.717) is 21.6 Å². The van der Waals surface area contributed by atoms with Gasteiger partial charge in [-0.15, -0.1) is 0 Å². The molecule has 1 aliphatic rings. The number of hydrogen-bond donors (Lipinski definition) is 2. The number of nitrogens with one attached hydrogen (secondary N) is 2. The fourth-order valence-electron chi connectivity index (χ4n) is 1.83. The Morgan fingerprint density at radius 1 is 1.35 bits per heavy atom. The molecule has 20 heavy (non-hydrogen) atoms. The average Bonchev–Trinajstić information content (AvgIpc) is 3.04. The summed E-state index contributed by atoms with van der Waals surface area (Å²) in [5, 5.41) is 3.20. The van der Waals surface area contributed by atoms with Crippen LogP contribution in [0.25, 0.3) is 11.0 Å². The summed E-state index contributed by atoms with van der Waals surface area (Å²) in [6.07, 6.45) is 2.01. The van der Waals surface area contributed by atoms with Crippen LogP contribution in [0.15, 0.2) is 12.1 Å². The maximum Gasteiger partial charge on any atom is 0.253 e. The van der Waals surface area contributed by atoms with Crippen LogP contribution in [-0.2, 0) is 3.79 Å². The number of fused-ring (bicyclic) bond motifs is 1. The number of carbonyl (C=O) groups is 1. The minimum Gasteiger partial charge on any atom is -0.349 e. The van der Waals surface area contributed by atoms with Gasteiger partial charge in [-0.25, -0.2) is 4.98 Å². The third kappa shape index (κ3) is 2.84. The first-order valence-corrected chi connectivity index (χ1v) is 7.43. The number of hydrogen-bond acceptors (Lipinski definition) is 2. The Hall–Kier alpha value is -0.680. The molecular weight excluding hydrogens is 344 g/mol. The lowest BCUT2D eigenvalue weighted by atomic mass is 10.2. The Balaban J connectivity index is 2.01. The fraction of sp³-hybridized carbons (Fsp3) is 0.333. The normalized spacial score (nSPS) is 15.6. The molecule has 4 nitrogen and oxygen atoms in total. The number of rotatable bonds is 2. The van der Waals surface area contributed by atoms with Gasteiger partial charge in [0.25, 0.3) is 5.91 Å². The first-order valence-electron chi connectivity index (χ1n) is 5.92. The summed E-state index contributed by atoms with van der Waals surface area (Å²) in [5.74, 6) is -0.0221. The van der Waals surface area contributed by atoms with Crippen molar-refractivity contribution < 1.29 is 4.79 Å². The van der Waals surface area contributed by atoms with E-state index in [1.54, 1.807) is 12.1 Å². The first kappa shape index (κ1) is 14.3. The van der Waals surface area contributed by atoms with E-state index < -0.39 is 3.79 Å². The highest BCUT2D eigenvalue weighted by molar-refractivity contribution is 6.66. The minimum absolute atomic E-state index is 0.188. The van der Waals surface area contributed by atoms with E-state index in [1.807, 2.05) is 0 Å². The number of imidazole rings is 1. The van der Waals surface area contributed by atoms with Crippen molar-refractivity contribution in [2.24, 2.45) is 0 Å². The molecule has 8 heteroatoms. The minimum atomic E-state index is -1.65. The number of aromatic nitrogens is 2. The van der Waals surface area contributed by atoms with Gasteiger partial charge < -0.3 is 10.3 Å². The number of benzene rings is 1. The smallest absolute Gasteiger partial charge is 0.253 e. The monoisotopic (exact) mass is 351 g/mol. The molecule has 1 fully saturated rings. The second-order valence-corrected chi connectivity index (χ2v) is 7.37. The van der Waals surface area contributed by atoms with E-state index >= 15 is 0 Å². The third-order valence-electron chi connectivity index (χ3n) is 3.00. The molecule has 1 aromatic heterocycles. The predicted molar refractivity (Wildman–Crippen MR) is 80.8 cm³/mol. The molecule has 0 radical (unpaired) electrons. The van der Waals surface area contributed by atoms with Gasteiger partial charge in [-0.05, 0) is 25.0 Å². The van der Waals surface area contributed by atoms with Crippen molar-refractivity contribution in [3.8, 4) is 0 Å². The van der Waals surface area contributed by atoms with Crippen LogP contribution >= 0.6 is 46.4 Å². The Morgan fingerprint density at radius 3 is 2.65 bits per heavy atom. The molecule has 0 saturated heterocycles. The Morgan fingerprint density at radius 2 is 2.05 bits per heavy atom. The van der Waals surface area contributed by atoms with Crippen molar-refractivity contribution >= 4 is 63.3 Å². The van der Waals surface area contributed by atoms with Gasteiger partial charge in [0.1, 0.15) is 0 Å². The summed E-state index contributed by atoms with van der Waals surface area (Å²) >= 11 is 23.4. The van der Waals surface area contributed by atoms with Crippen LogP contribution in [0, 0.1) is 0 Å². The maximum atomic E-state index is 12.1. The molecule has 0 bridgehead atoms. The molecular formula is C12H9Cl4N3O. The van der Waals surface area contributed by atoms with Gasteiger partial charge in [0.15, 0.2) is 5.82 Å². The molecule has 0 spiro atoms. The topological polar surface area (TPSA) is 57.8 Å². The molecule has 106 valence electrons. The molecule has 0 aliphatic heterocycles. The lowest BCUT2D eigenvalue weighted by Crippen LogP contribution is -2.25. The Labute approximate surface area is 134 Å². The van der Waals surface area contributed by atoms with E-state index in [4.69, 9.17) is 46.4 Å². The van der Waals surface area contributed by atoms with Crippen LogP contribution in [0.1, 0.15) is 29.0 Å². The molecule has 1 saturated carbocycles. The van der Waals surface area contributed by atoms with Crippen molar-refractivity contribution in [2.75, 3.05) is 0 Å². The summed E-state index contributed by atoms with van der Waals surface area (Å²) in [5.41, 5.74) is 1.50. The lowest BCUT2D eigenvalue weighted by molar-refractivity contribution is 0.0951. The summed E-state index contributed by atoms with van der Waals surface area (Å²) in [6.45, 7) is 0. The van der Waals surface area contributed by atoms with Gasteiger partial charge in [0.2, 0.25) is 3.79 Å². The summed E-state index contributed by atoms with van der Waals surface area (Å²) in [4.78, 5) is 19.1. The van der Waals surface area contributed by atoms with Crippen LogP contribution in [0.3, 0.4) is 0 Å². The highest BCUT2D eigenvalue weighted by Crippen LogP contribution is 2.37. The van der Waals surface area contributed by atoms with Gasteiger partial charge in [0.05, 0.1) is 21.6 Å². The molecule has 1 heterocycles. The SMILES string of the molecule is O=C(NC1CC1)c1cc2nc(C(Cl)(Cl)Cl)[nH]c2cc1Cl. The number of aromatic amines is 1. The lowest BCUT2D eigenvalue weighted by Gasteiger charge is -2.05. The van der Waals surface area contributed by atoms with Crippen molar-refractivity contribution in [1.29, 1.82) is 0 Å². The second kappa shape index (κ2) is 4.95. The predicted octanol–water partition coefficient (Wildman–Crippen LogP) is 3.94. The fourth-order valence-corrected chi connectivity index (χ4v) is 2.35. The Bertz CT molecular complexity index is 688. The zero-order chi connectivity index (χ0) is 14.5. The van der Waals surface area contributed by atoms with E-state index in [1.165, 1.54) is 0 Å². The number of alkyl halides is 3. The van der Waals surface area contributed by atoms with Gasteiger partial charge in [-0.3, -0.25) is 4.79 Å². The van der Waals surface area contributed by atoms with Crippen molar-refractivity contribution in [2.45, 2.75) is 22.7 Å². The van der Waals surface area contributed by atoms with Crippen molar-refractivity contribution in [1.82, 2.24) is 15.3 Å². The number of nitrogens with zero attached hydrogens (tertiary/aromatic N) is 1. The van der Waals surface area contributed by atoms with Crippen molar-refractivity contribution in [3.05, 3.63) is 28.5 Å². The summed E-state index contributed by atoms with van der Waals surface area (Å²) in [6, 6.07) is 3.45. The number of halogens is 4. The van der Waals surface area contributed by atoms with E-state index in [2.05, 4.69) is 15.3 Å². The van der Waals surface area contributed by atoms with Gasteiger partial charge >= 0.3 is 0 Å². The van der Waals surface area contributed by atoms with Crippen LogP contribution in [-0.4, -0.2) is 21.9 Å². The van der Waals surface area contributed by atoms with Crippen LogP contribution in [0.2, 0.25) is 5.02 Å². The number of H-pyrrole nitrogens is 1. The quantitative estimate of drug-likeness (QED) is 0.804. The molecule has 1 aromatic carbocycles. The standard InChI is InChI=1S/C12H9Cl4N3O/c13-7-4-9-8(18-11(19-9)12(14,15)16)3-6(7)10(20)17-5-1-2-5/h3-5H,1-2H2,(H,17,20)(H,18,19). The van der Waals surface area contributed by atoms with Gasteiger partial charge in [-0.2, -0.15) is 0 Å². The molecule has 0 unspecified atom stereocenters. The molecule has 1 amide bonds. The largest absolute Gasteiger partial charge is 0.349 e. The van der Waals surface area contributed by atoms with E-state index in [9.17, 15) is 4.79 Å². The van der Waals surface area contributed by atoms with Crippen LogP contribution in [0.5, 0.6) is 0 Å². The molecule has 0 atom stereocenters.